The first-order chi connectivity index (χ1) is 17.2. The number of nitrogen functional groups attached to an aromatic ring is 1. The predicted molar refractivity (Wildman–Crippen MR) is 134 cm³/mol. The molecule has 10 heteroatoms. The minimum absolute atomic E-state index is 0.0891. The van der Waals surface area contributed by atoms with Crippen molar-refractivity contribution < 1.29 is 33.4 Å². The Morgan fingerprint density at radius 2 is 1.83 bits per heavy atom. The van der Waals surface area contributed by atoms with Crippen LogP contribution in [0.2, 0.25) is 0 Å². The highest BCUT2D eigenvalue weighted by Crippen LogP contribution is 2.28. The summed E-state index contributed by atoms with van der Waals surface area (Å²) in [5.41, 5.74) is 9.67. The van der Waals surface area contributed by atoms with Crippen molar-refractivity contribution in [1.29, 1.82) is 0 Å². The summed E-state index contributed by atoms with van der Waals surface area (Å²) in [6.07, 6.45) is 3.31. The molecule has 192 valence electrons. The van der Waals surface area contributed by atoms with Gasteiger partial charge in [0.25, 0.3) is 0 Å². The van der Waals surface area contributed by atoms with Gasteiger partial charge in [0.15, 0.2) is 0 Å². The van der Waals surface area contributed by atoms with Crippen molar-refractivity contribution in [2.24, 2.45) is 5.16 Å². The van der Waals surface area contributed by atoms with E-state index >= 15 is 0 Å². The molecule has 0 bridgehead atoms. The lowest BCUT2D eigenvalue weighted by molar-refractivity contribution is -0.140. The molecule has 1 fully saturated rings. The molecule has 1 amide bonds. The van der Waals surface area contributed by atoms with Gasteiger partial charge in [0.2, 0.25) is 0 Å². The molecule has 0 saturated heterocycles. The van der Waals surface area contributed by atoms with Crippen molar-refractivity contribution in [3.63, 3.8) is 0 Å². The van der Waals surface area contributed by atoms with E-state index in [1.54, 1.807) is 37.3 Å². The molecule has 1 aliphatic rings. The number of nitrogens with zero attached hydrogens (tertiary/aromatic N) is 1. The molecule has 0 spiro atoms. The number of carbonyl (C=O) groups excluding carboxylic acids is 3. The Morgan fingerprint density at radius 1 is 1.11 bits per heavy atom. The number of ether oxygens (including phenoxy) is 3. The second-order valence-corrected chi connectivity index (χ2v) is 8.49. The van der Waals surface area contributed by atoms with Crippen LogP contribution in [0.15, 0.2) is 35.5 Å². The summed E-state index contributed by atoms with van der Waals surface area (Å²) < 4.78 is 15.7. The van der Waals surface area contributed by atoms with Gasteiger partial charge in [0, 0.05) is 35.8 Å². The van der Waals surface area contributed by atoms with Crippen molar-refractivity contribution in [2.45, 2.75) is 52.1 Å². The van der Waals surface area contributed by atoms with Gasteiger partial charge in [-0.1, -0.05) is 11.2 Å². The Labute approximate surface area is 209 Å². The second kappa shape index (κ2) is 12.1. The van der Waals surface area contributed by atoms with Crippen LogP contribution in [-0.2, 0) is 25.5 Å². The van der Waals surface area contributed by atoms with Gasteiger partial charge < -0.3 is 24.8 Å². The van der Waals surface area contributed by atoms with E-state index in [9.17, 15) is 14.4 Å². The summed E-state index contributed by atoms with van der Waals surface area (Å²) in [6.45, 7) is 3.04. The van der Waals surface area contributed by atoms with E-state index < -0.39 is 18.0 Å². The predicted octanol–water partition coefficient (Wildman–Crippen LogP) is 4.37. The molecule has 2 aromatic carbocycles. The molecule has 0 radical (unpaired) electrons. The quantitative estimate of drug-likeness (QED) is 0.180. The Balaban J connectivity index is 1.94. The van der Waals surface area contributed by atoms with Crippen LogP contribution in [0.5, 0.6) is 5.75 Å². The van der Waals surface area contributed by atoms with E-state index in [1.807, 2.05) is 0 Å². The number of oxime groups is 1. The van der Waals surface area contributed by atoms with E-state index in [0.29, 0.717) is 45.1 Å². The molecular formula is C26H31N3O7. The summed E-state index contributed by atoms with van der Waals surface area (Å²) in [5, 5.41) is 6.79. The molecule has 3 N–H and O–H groups in total. The maximum absolute atomic E-state index is 12.4. The van der Waals surface area contributed by atoms with Crippen LogP contribution in [0.25, 0.3) is 0 Å². The number of carbonyl (C=O) groups is 3. The van der Waals surface area contributed by atoms with Crippen molar-refractivity contribution in [1.82, 2.24) is 0 Å². The van der Waals surface area contributed by atoms with E-state index in [4.69, 9.17) is 24.8 Å². The smallest absolute Gasteiger partial charge is 0.411 e. The van der Waals surface area contributed by atoms with Gasteiger partial charge in [-0.05, 0) is 62.4 Å². The van der Waals surface area contributed by atoms with Crippen LogP contribution in [0, 0.1) is 6.92 Å². The van der Waals surface area contributed by atoms with Crippen LogP contribution in [0.4, 0.5) is 16.2 Å². The highest BCUT2D eigenvalue weighted by atomic mass is 16.7. The molecule has 1 saturated carbocycles. The van der Waals surface area contributed by atoms with Gasteiger partial charge in [-0.15, -0.1) is 0 Å². The topological polar surface area (TPSA) is 139 Å². The highest BCUT2D eigenvalue weighted by molar-refractivity contribution is 6.05. The molecular weight excluding hydrogens is 466 g/mol. The van der Waals surface area contributed by atoms with Crippen molar-refractivity contribution in [3.05, 3.63) is 52.6 Å². The van der Waals surface area contributed by atoms with Gasteiger partial charge in [-0.2, -0.15) is 0 Å². The average Bonchev–Trinajstić information content (AvgIpc) is 3.36. The zero-order valence-corrected chi connectivity index (χ0v) is 20.9. The Bertz CT molecular complexity index is 1170. The molecule has 1 aliphatic carbocycles. The van der Waals surface area contributed by atoms with E-state index in [1.165, 1.54) is 21.1 Å². The van der Waals surface area contributed by atoms with Crippen molar-refractivity contribution in [2.75, 3.05) is 25.3 Å². The van der Waals surface area contributed by atoms with E-state index in [0.717, 1.165) is 25.7 Å². The van der Waals surface area contributed by atoms with Crippen molar-refractivity contribution in [3.8, 4) is 5.75 Å². The number of methoxy groups -OCH3 is 2. The van der Waals surface area contributed by atoms with Crippen LogP contribution < -0.4 is 15.8 Å². The number of anilines is 2. The molecule has 10 nitrogen and oxygen atoms in total. The van der Waals surface area contributed by atoms with Crippen LogP contribution in [-0.4, -0.2) is 44.1 Å². The minimum Gasteiger partial charge on any atom is -0.496 e. The minimum atomic E-state index is -0.597. The third-order valence-corrected chi connectivity index (χ3v) is 5.93. The Kier molecular flexibility index (Phi) is 8.88. The fourth-order valence-electron chi connectivity index (χ4n) is 4.03. The first-order valence-electron chi connectivity index (χ1n) is 11.6. The first-order valence-corrected chi connectivity index (χ1v) is 11.6. The molecule has 2 aromatic rings. The third-order valence-electron chi connectivity index (χ3n) is 5.93. The fraction of sp³-hybridized carbons (Fsp3) is 0.385. The largest absolute Gasteiger partial charge is 0.496 e. The fourth-order valence-corrected chi connectivity index (χ4v) is 4.03. The highest BCUT2D eigenvalue weighted by Gasteiger charge is 2.21. The third kappa shape index (κ3) is 6.74. The van der Waals surface area contributed by atoms with Gasteiger partial charge in [-0.3, -0.25) is 5.32 Å². The molecule has 0 aromatic heterocycles. The summed E-state index contributed by atoms with van der Waals surface area (Å²) in [4.78, 5) is 40.8. The number of nitrogens with two attached hydrogens (primary N) is 1. The van der Waals surface area contributed by atoms with Gasteiger partial charge in [-0.25, -0.2) is 14.4 Å². The number of hydrogen-bond acceptors (Lipinski definition) is 9. The van der Waals surface area contributed by atoms with Gasteiger partial charge in [0.1, 0.15) is 11.9 Å². The molecule has 0 aliphatic heterocycles. The maximum atomic E-state index is 12.4. The summed E-state index contributed by atoms with van der Waals surface area (Å²) in [7, 11) is 2.77. The lowest BCUT2D eigenvalue weighted by Crippen LogP contribution is -2.21. The molecule has 0 heterocycles. The monoisotopic (exact) mass is 497 g/mol. The molecule has 36 heavy (non-hydrogen) atoms. The number of rotatable bonds is 8. The van der Waals surface area contributed by atoms with Crippen LogP contribution in [0.1, 0.15) is 59.7 Å². The number of nitrogens with one attached hydrogen (secondary N) is 1. The van der Waals surface area contributed by atoms with E-state index in [-0.39, 0.29) is 12.5 Å². The second-order valence-electron chi connectivity index (χ2n) is 8.49. The zero-order valence-electron chi connectivity index (χ0n) is 20.9. The zero-order chi connectivity index (χ0) is 26.2. The Morgan fingerprint density at radius 3 is 2.47 bits per heavy atom. The lowest BCUT2D eigenvalue weighted by atomic mass is 9.95. The first kappa shape index (κ1) is 26.5. The number of amides is 1. The summed E-state index contributed by atoms with van der Waals surface area (Å²) >= 11 is 0. The Hall–Kier alpha value is -4.08. The molecule has 0 unspecified atom stereocenters. The summed E-state index contributed by atoms with van der Waals surface area (Å²) in [5.74, 6) is -0.672. The molecule has 0 atom stereocenters. The lowest BCUT2D eigenvalue weighted by Gasteiger charge is -2.17. The number of benzene rings is 2. The number of esters is 1. The SMILES string of the molecule is COC(=O)c1ccc(CC(=NOC(C)=O)c2cc(NC(=O)OC3CCCC3)cc(N)c2C)c(OC)c1. The summed E-state index contributed by atoms with van der Waals surface area (Å²) in [6, 6.07) is 8.19. The van der Waals surface area contributed by atoms with Crippen LogP contribution in [0.3, 0.4) is 0 Å². The normalized spacial score (nSPS) is 13.7. The molecule has 3 rings (SSSR count). The van der Waals surface area contributed by atoms with Crippen LogP contribution >= 0.6 is 0 Å². The van der Waals surface area contributed by atoms with Gasteiger partial charge >= 0.3 is 18.0 Å². The van der Waals surface area contributed by atoms with Gasteiger partial charge in [0.05, 0.1) is 25.5 Å². The maximum Gasteiger partial charge on any atom is 0.411 e. The average molecular weight is 498 g/mol. The van der Waals surface area contributed by atoms with E-state index in [2.05, 4.69) is 10.5 Å². The standard InChI is InChI=1S/C26H31N3O7/c1-15-21(13-19(14-22(15)27)28-26(32)35-20-7-5-6-8-20)23(29-36-16(2)30)11-17-9-10-18(25(31)34-4)12-24(17)33-3/h9-10,12-14,20H,5-8,11,27H2,1-4H3,(H,28,32). The number of hydrogen-bond donors (Lipinski definition) is 2. The van der Waals surface area contributed by atoms with Crippen molar-refractivity contribution >= 4 is 35.1 Å².